The quantitative estimate of drug-likeness (QED) is 0.845. The molecule has 0 saturated heterocycles. The molecule has 6 heteroatoms. The zero-order valence-electron chi connectivity index (χ0n) is 9.86. The summed E-state index contributed by atoms with van der Waals surface area (Å²) in [5.74, 6) is 0. The summed E-state index contributed by atoms with van der Waals surface area (Å²) in [6, 6.07) is 3.54. The van der Waals surface area contributed by atoms with E-state index < -0.39 is 10.0 Å². The highest BCUT2D eigenvalue weighted by atomic mass is 32.2. The van der Waals surface area contributed by atoms with Crippen molar-refractivity contribution in [2.75, 3.05) is 20.1 Å². The van der Waals surface area contributed by atoms with Gasteiger partial charge in [-0.05, 0) is 19.2 Å². The van der Waals surface area contributed by atoms with E-state index in [0.29, 0.717) is 23.8 Å². The molecule has 1 aromatic rings. The van der Waals surface area contributed by atoms with Gasteiger partial charge < -0.3 is 5.32 Å². The predicted molar refractivity (Wildman–Crippen MR) is 67.2 cm³/mol. The van der Waals surface area contributed by atoms with Gasteiger partial charge in [0.25, 0.3) is 10.0 Å². The van der Waals surface area contributed by atoms with Gasteiger partial charge in [-0.1, -0.05) is 13.8 Å². The Hall–Kier alpha value is -0.430. The van der Waals surface area contributed by atoms with Gasteiger partial charge >= 0.3 is 0 Å². The molecule has 16 heavy (non-hydrogen) atoms. The number of sulfonamides is 1. The maximum Gasteiger partial charge on any atom is 0.252 e. The molecule has 0 aliphatic carbocycles. The van der Waals surface area contributed by atoms with Gasteiger partial charge in [-0.15, -0.1) is 11.3 Å². The summed E-state index contributed by atoms with van der Waals surface area (Å²) < 4.78 is 26.2. The second-order valence-corrected chi connectivity index (χ2v) is 6.67. The summed E-state index contributed by atoms with van der Waals surface area (Å²) >= 11 is 1.33. The number of rotatable bonds is 6. The molecule has 0 aliphatic heterocycles. The van der Waals surface area contributed by atoms with Crippen molar-refractivity contribution in [3.05, 3.63) is 17.0 Å². The third kappa shape index (κ3) is 2.82. The van der Waals surface area contributed by atoms with Gasteiger partial charge in [0.05, 0.1) is 0 Å². The summed E-state index contributed by atoms with van der Waals surface area (Å²) in [5, 5.41) is 3.01. The summed E-state index contributed by atoms with van der Waals surface area (Å²) in [6.07, 6.45) is 0. The van der Waals surface area contributed by atoms with E-state index in [2.05, 4.69) is 5.32 Å². The van der Waals surface area contributed by atoms with E-state index in [9.17, 15) is 8.42 Å². The van der Waals surface area contributed by atoms with Gasteiger partial charge in [-0.25, -0.2) is 8.42 Å². The molecule has 0 unspecified atom stereocenters. The van der Waals surface area contributed by atoms with Crippen LogP contribution in [0.25, 0.3) is 0 Å². The van der Waals surface area contributed by atoms with Crippen molar-refractivity contribution in [3.8, 4) is 0 Å². The van der Waals surface area contributed by atoms with E-state index in [1.54, 1.807) is 6.07 Å². The standard InChI is InChI=1S/C10H18N2O2S2/c1-4-12(5-2)16(13,14)10-7-6-9(15-10)8-11-3/h6-7,11H,4-5,8H2,1-3H3. The highest BCUT2D eigenvalue weighted by Gasteiger charge is 2.23. The molecule has 1 heterocycles. The molecule has 92 valence electrons. The van der Waals surface area contributed by atoms with Gasteiger partial charge in [0.2, 0.25) is 0 Å². The van der Waals surface area contributed by atoms with E-state index in [1.165, 1.54) is 15.6 Å². The SMILES string of the molecule is CCN(CC)S(=O)(=O)c1ccc(CNC)s1. The number of hydrogen-bond acceptors (Lipinski definition) is 4. The number of thiophene rings is 1. The average Bonchev–Trinajstić information content (AvgIpc) is 2.69. The maximum atomic E-state index is 12.1. The van der Waals surface area contributed by atoms with Crippen molar-refractivity contribution in [3.63, 3.8) is 0 Å². The van der Waals surface area contributed by atoms with Crippen LogP contribution < -0.4 is 5.32 Å². The first-order chi connectivity index (χ1) is 7.56. The average molecular weight is 262 g/mol. The Labute approximate surface area is 101 Å². The second-order valence-electron chi connectivity index (χ2n) is 3.34. The zero-order valence-corrected chi connectivity index (χ0v) is 11.5. The largest absolute Gasteiger partial charge is 0.315 e. The van der Waals surface area contributed by atoms with Crippen LogP contribution in [0.4, 0.5) is 0 Å². The lowest BCUT2D eigenvalue weighted by Crippen LogP contribution is -2.29. The van der Waals surface area contributed by atoms with Crippen LogP contribution >= 0.6 is 11.3 Å². The Balaban J connectivity index is 2.97. The Kier molecular flexibility index (Phi) is 4.91. The first-order valence-corrected chi connectivity index (χ1v) is 7.55. The molecular formula is C10H18N2O2S2. The van der Waals surface area contributed by atoms with Gasteiger partial charge in [-0.3, -0.25) is 0 Å². The lowest BCUT2D eigenvalue weighted by Gasteiger charge is -2.16. The van der Waals surface area contributed by atoms with Crippen LogP contribution in [0.3, 0.4) is 0 Å². The van der Waals surface area contributed by atoms with Gasteiger partial charge in [0.1, 0.15) is 4.21 Å². The highest BCUT2D eigenvalue weighted by Crippen LogP contribution is 2.24. The molecule has 0 fully saturated rings. The fourth-order valence-electron chi connectivity index (χ4n) is 1.46. The first kappa shape index (κ1) is 13.6. The molecule has 4 nitrogen and oxygen atoms in total. The normalized spacial score (nSPS) is 12.2. The minimum absolute atomic E-state index is 0.432. The van der Waals surface area contributed by atoms with E-state index in [1.807, 2.05) is 27.0 Å². The first-order valence-electron chi connectivity index (χ1n) is 5.29. The van der Waals surface area contributed by atoms with Crippen molar-refractivity contribution in [2.45, 2.75) is 24.6 Å². The molecular weight excluding hydrogens is 244 g/mol. The van der Waals surface area contributed by atoms with Crippen LogP contribution in [0.1, 0.15) is 18.7 Å². The van der Waals surface area contributed by atoms with Crippen molar-refractivity contribution in [1.82, 2.24) is 9.62 Å². The minimum atomic E-state index is -3.27. The fourth-order valence-corrected chi connectivity index (χ4v) is 4.44. The Morgan fingerprint density at radius 2 is 1.94 bits per heavy atom. The van der Waals surface area contributed by atoms with Crippen molar-refractivity contribution >= 4 is 21.4 Å². The fraction of sp³-hybridized carbons (Fsp3) is 0.600. The minimum Gasteiger partial charge on any atom is -0.315 e. The van der Waals surface area contributed by atoms with Crippen LogP contribution in [-0.2, 0) is 16.6 Å². The summed E-state index contributed by atoms with van der Waals surface area (Å²) in [5.41, 5.74) is 0. The molecule has 0 aliphatic rings. The molecule has 0 bridgehead atoms. The molecule has 0 amide bonds. The van der Waals surface area contributed by atoms with E-state index in [-0.39, 0.29) is 0 Å². The number of nitrogens with one attached hydrogen (secondary N) is 1. The zero-order chi connectivity index (χ0) is 12.2. The highest BCUT2D eigenvalue weighted by molar-refractivity contribution is 7.91. The molecule has 0 saturated carbocycles. The van der Waals surface area contributed by atoms with Crippen LogP contribution in [-0.4, -0.2) is 32.9 Å². The van der Waals surface area contributed by atoms with Crippen molar-refractivity contribution < 1.29 is 8.42 Å². The third-order valence-corrected chi connectivity index (χ3v) is 5.89. The number of nitrogens with zero attached hydrogens (tertiary/aromatic N) is 1. The van der Waals surface area contributed by atoms with Gasteiger partial charge in [-0.2, -0.15) is 4.31 Å². The smallest absolute Gasteiger partial charge is 0.252 e. The second kappa shape index (κ2) is 5.77. The Morgan fingerprint density at radius 1 is 1.31 bits per heavy atom. The molecule has 1 N–H and O–H groups in total. The summed E-state index contributed by atoms with van der Waals surface area (Å²) in [4.78, 5) is 1.04. The summed E-state index contributed by atoms with van der Waals surface area (Å²) in [6.45, 7) is 5.43. The van der Waals surface area contributed by atoms with Gasteiger partial charge in [0.15, 0.2) is 0 Å². The number of hydrogen-bond donors (Lipinski definition) is 1. The summed E-state index contributed by atoms with van der Waals surface area (Å²) in [7, 11) is -1.43. The third-order valence-electron chi connectivity index (χ3n) is 2.29. The van der Waals surface area contributed by atoms with E-state index >= 15 is 0 Å². The lowest BCUT2D eigenvalue weighted by molar-refractivity contribution is 0.447. The molecule has 0 aromatic carbocycles. The molecule has 0 radical (unpaired) electrons. The predicted octanol–water partition coefficient (Wildman–Crippen LogP) is 1.50. The van der Waals surface area contributed by atoms with Crippen LogP contribution in [0.5, 0.6) is 0 Å². The maximum absolute atomic E-state index is 12.1. The lowest BCUT2D eigenvalue weighted by atomic mass is 10.5. The Morgan fingerprint density at radius 3 is 2.44 bits per heavy atom. The van der Waals surface area contributed by atoms with Crippen molar-refractivity contribution in [2.24, 2.45) is 0 Å². The molecule has 1 rings (SSSR count). The topological polar surface area (TPSA) is 49.4 Å². The van der Waals surface area contributed by atoms with Crippen molar-refractivity contribution in [1.29, 1.82) is 0 Å². The Bertz CT molecular complexity index is 422. The van der Waals surface area contributed by atoms with E-state index in [4.69, 9.17) is 0 Å². The van der Waals surface area contributed by atoms with Crippen LogP contribution in [0, 0.1) is 0 Å². The van der Waals surface area contributed by atoms with Gasteiger partial charge in [0, 0.05) is 24.5 Å². The van der Waals surface area contributed by atoms with Crippen LogP contribution in [0.15, 0.2) is 16.3 Å². The monoisotopic (exact) mass is 262 g/mol. The molecule has 0 spiro atoms. The van der Waals surface area contributed by atoms with Crippen LogP contribution in [0.2, 0.25) is 0 Å². The van der Waals surface area contributed by atoms with E-state index in [0.717, 1.165) is 4.88 Å². The molecule has 0 atom stereocenters. The molecule has 1 aromatic heterocycles.